The molecule has 1 aromatic heterocycles. The molecular formula is C19H18N2O2. The number of benzene rings is 2. The smallest absolute Gasteiger partial charge is 0.261 e. The standard InChI is InChI=1S/C19H18N2O2/c22-19-17-6-1-2-7-18(17)20-13-21(19)10-11-23-16-9-8-14-4-3-5-15(14)12-16/h1-2,6-9,12-13H,3-5,10-11H2. The first-order chi connectivity index (χ1) is 11.3. The molecule has 3 aromatic rings. The van der Waals surface area contributed by atoms with E-state index in [1.165, 1.54) is 24.0 Å². The summed E-state index contributed by atoms with van der Waals surface area (Å²) in [6.07, 6.45) is 5.14. The van der Waals surface area contributed by atoms with Crippen molar-refractivity contribution in [3.8, 4) is 5.75 Å². The van der Waals surface area contributed by atoms with Crippen LogP contribution in [0, 0.1) is 0 Å². The van der Waals surface area contributed by atoms with Gasteiger partial charge < -0.3 is 4.74 Å². The summed E-state index contributed by atoms with van der Waals surface area (Å²) in [6, 6.07) is 13.7. The van der Waals surface area contributed by atoms with Gasteiger partial charge in [0.1, 0.15) is 12.4 Å². The lowest BCUT2D eigenvalue weighted by Gasteiger charge is -2.10. The van der Waals surface area contributed by atoms with Gasteiger partial charge in [-0.2, -0.15) is 0 Å². The van der Waals surface area contributed by atoms with E-state index in [-0.39, 0.29) is 5.56 Å². The third kappa shape index (κ3) is 2.72. The maximum Gasteiger partial charge on any atom is 0.261 e. The van der Waals surface area contributed by atoms with Gasteiger partial charge in [0.15, 0.2) is 0 Å². The first-order valence-corrected chi connectivity index (χ1v) is 8.00. The van der Waals surface area contributed by atoms with Gasteiger partial charge in [-0.3, -0.25) is 9.36 Å². The highest BCUT2D eigenvalue weighted by atomic mass is 16.5. The number of aromatic nitrogens is 2. The second-order valence-electron chi connectivity index (χ2n) is 5.89. The average Bonchev–Trinajstić information content (AvgIpc) is 3.05. The van der Waals surface area contributed by atoms with Gasteiger partial charge in [0.25, 0.3) is 5.56 Å². The fourth-order valence-electron chi connectivity index (χ4n) is 3.17. The number of hydrogen-bond acceptors (Lipinski definition) is 3. The molecule has 0 aliphatic heterocycles. The van der Waals surface area contributed by atoms with Crippen LogP contribution in [0.1, 0.15) is 17.5 Å². The fraction of sp³-hybridized carbons (Fsp3) is 0.263. The minimum Gasteiger partial charge on any atom is -0.492 e. The van der Waals surface area contributed by atoms with Crippen molar-refractivity contribution in [1.82, 2.24) is 9.55 Å². The van der Waals surface area contributed by atoms with Crippen molar-refractivity contribution in [3.63, 3.8) is 0 Å². The van der Waals surface area contributed by atoms with Crippen molar-refractivity contribution in [2.24, 2.45) is 0 Å². The Balaban J connectivity index is 1.47. The first-order valence-electron chi connectivity index (χ1n) is 8.00. The quantitative estimate of drug-likeness (QED) is 0.744. The highest BCUT2D eigenvalue weighted by Crippen LogP contribution is 2.25. The maximum absolute atomic E-state index is 12.4. The summed E-state index contributed by atoms with van der Waals surface area (Å²) < 4.78 is 7.42. The zero-order chi connectivity index (χ0) is 15.6. The molecule has 0 bridgehead atoms. The highest BCUT2D eigenvalue weighted by Gasteiger charge is 2.11. The van der Waals surface area contributed by atoms with E-state index in [4.69, 9.17) is 4.74 Å². The Hall–Kier alpha value is -2.62. The zero-order valence-corrected chi connectivity index (χ0v) is 12.9. The van der Waals surface area contributed by atoms with E-state index in [1.54, 1.807) is 10.9 Å². The number of aryl methyl sites for hydroxylation is 2. The molecule has 0 N–H and O–H groups in total. The minimum absolute atomic E-state index is 0.0202. The van der Waals surface area contributed by atoms with Crippen molar-refractivity contribution in [1.29, 1.82) is 0 Å². The molecule has 1 aliphatic carbocycles. The van der Waals surface area contributed by atoms with Crippen LogP contribution in [-0.4, -0.2) is 16.2 Å². The van der Waals surface area contributed by atoms with Gasteiger partial charge in [0, 0.05) is 0 Å². The summed E-state index contributed by atoms with van der Waals surface area (Å²) >= 11 is 0. The second kappa shape index (κ2) is 5.88. The van der Waals surface area contributed by atoms with E-state index in [1.807, 2.05) is 30.3 Å². The van der Waals surface area contributed by atoms with Crippen LogP contribution in [0.3, 0.4) is 0 Å². The average molecular weight is 306 g/mol. The van der Waals surface area contributed by atoms with Gasteiger partial charge in [-0.05, 0) is 54.7 Å². The Morgan fingerprint density at radius 2 is 1.96 bits per heavy atom. The third-order valence-electron chi connectivity index (χ3n) is 4.40. The predicted octanol–water partition coefficient (Wildman–Crippen LogP) is 2.96. The summed E-state index contributed by atoms with van der Waals surface area (Å²) in [6.45, 7) is 0.951. The molecule has 0 amide bonds. The fourth-order valence-corrected chi connectivity index (χ4v) is 3.17. The SMILES string of the molecule is O=c1c2ccccc2ncn1CCOc1ccc2c(c1)CCC2. The molecule has 23 heavy (non-hydrogen) atoms. The Morgan fingerprint density at radius 1 is 1.09 bits per heavy atom. The Morgan fingerprint density at radius 3 is 2.91 bits per heavy atom. The summed E-state index contributed by atoms with van der Waals surface area (Å²) in [4.78, 5) is 16.7. The summed E-state index contributed by atoms with van der Waals surface area (Å²) in [7, 11) is 0. The molecule has 0 unspecified atom stereocenters. The zero-order valence-electron chi connectivity index (χ0n) is 12.9. The number of para-hydroxylation sites is 1. The van der Waals surface area contributed by atoms with Crippen LogP contribution >= 0.6 is 0 Å². The minimum atomic E-state index is -0.0202. The van der Waals surface area contributed by atoms with E-state index >= 15 is 0 Å². The molecule has 0 fully saturated rings. The van der Waals surface area contributed by atoms with Crippen LogP contribution in [0.25, 0.3) is 10.9 Å². The van der Waals surface area contributed by atoms with Crippen molar-refractivity contribution in [2.45, 2.75) is 25.8 Å². The lowest BCUT2D eigenvalue weighted by Crippen LogP contribution is -2.23. The molecular weight excluding hydrogens is 288 g/mol. The monoisotopic (exact) mass is 306 g/mol. The van der Waals surface area contributed by atoms with E-state index < -0.39 is 0 Å². The number of rotatable bonds is 4. The summed E-state index contributed by atoms with van der Waals surface area (Å²) in [5.41, 5.74) is 3.54. The molecule has 4 nitrogen and oxygen atoms in total. The van der Waals surface area contributed by atoms with Gasteiger partial charge in [0.05, 0.1) is 23.8 Å². The van der Waals surface area contributed by atoms with Crippen LogP contribution < -0.4 is 10.3 Å². The first kappa shape index (κ1) is 14.0. The third-order valence-corrected chi connectivity index (χ3v) is 4.40. The van der Waals surface area contributed by atoms with Gasteiger partial charge in [-0.15, -0.1) is 0 Å². The van der Waals surface area contributed by atoms with Crippen LogP contribution in [0.15, 0.2) is 53.6 Å². The number of fused-ring (bicyclic) bond motifs is 2. The molecule has 0 saturated carbocycles. The molecule has 4 heteroatoms. The lowest BCUT2D eigenvalue weighted by atomic mass is 10.1. The summed E-state index contributed by atoms with van der Waals surface area (Å²) in [5, 5.41) is 0.646. The molecule has 116 valence electrons. The second-order valence-corrected chi connectivity index (χ2v) is 5.89. The number of hydrogen-bond donors (Lipinski definition) is 0. The van der Waals surface area contributed by atoms with Gasteiger partial charge in [-0.25, -0.2) is 4.98 Å². The van der Waals surface area contributed by atoms with Gasteiger partial charge in [-0.1, -0.05) is 18.2 Å². The van der Waals surface area contributed by atoms with Crippen LogP contribution in [0.5, 0.6) is 5.75 Å². The van der Waals surface area contributed by atoms with Crippen LogP contribution in [0.4, 0.5) is 0 Å². The Labute approximate surface area is 134 Å². The number of nitrogens with zero attached hydrogens (tertiary/aromatic N) is 2. The molecule has 0 radical (unpaired) electrons. The molecule has 0 spiro atoms. The summed E-state index contributed by atoms with van der Waals surface area (Å²) in [5.74, 6) is 0.882. The Bertz CT molecular complexity index is 915. The largest absolute Gasteiger partial charge is 0.492 e. The predicted molar refractivity (Wildman–Crippen MR) is 90.0 cm³/mol. The van der Waals surface area contributed by atoms with E-state index in [0.29, 0.717) is 18.5 Å². The Kier molecular flexibility index (Phi) is 3.58. The van der Waals surface area contributed by atoms with Gasteiger partial charge >= 0.3 is 0 Å². The van der Waals surface area contributed by atoms with Crippen molar-refractivity contribution >= 4 is 10.9 Å². The molecule has 2 aromatic carbocycles. The number of ether oxygens (including phenoxy) is 1. The topological polar surface area (TPSA) is 44.1 Å². The van der Waals surface area contributed by atoms with E-state index in [0.717, 1.165) is 17.7 Å². The van der Waals surface area contributed by atoms with Crippen molar-refractivity contribution in [3.05, 3.63) is 70.3 Å². The molecule has 0 atom stereocenters. The molecule has 1 heterocycles. The highest BCUT2D eigenvalue weighted by molar-refractivity contribution is 5.76. The van der Waals surface area contributed by atoms with Crippen molar-refractivity contribution in [2.75, 3.05) is 6.61 Å². The van der Waals surface area contributed by atoms with Gasteiger partial charge in [0.2, 0.25) is 0 Å². The van der Waals surface area contributed by atoms with E-state index in [9.17, 15) is 4.79 Å². The van der Waals surface area contributed by atoms with E-state index in [2.05, 4.69) is 17.1 Å². The molecule has 1 aliphatic rings. The lowest BCUT2D eigenvalue weighted by molar-refractivity contribution is 0.296. The molecule has 4 rings (SSSR count). The molecule has 0 saturated heterocycles. The maximum atomic E-state index is 12.4. The van der Waals surface area contributed by atoms with Crippen molar-refractivity contribution < 1.29 is 4.74 Å². The normalized spacial score (nSPS) is 13.2. The van der Waals surface area contributed by atoms with Crippen LogP contribution in [0.2, 0.25) is 0 Å². The van der Waals surface area contributed by atoms with Crippen LogP contribution in [-0.2, 0) is 19.4 Å².